The molecule has 0 amide bonds. The van der Waals surface area contributed by atoms with Crippen LogP contribution in [0.15, 0.2) is 0 Å². The summed E-state index contributed by atoms with van der Waals surface area (Å²) in [6.45, 7) is 6.39. The van der Waals surface area contributed by atoms with Gasteiger partial charge in [-0.25, -0.2) is 4.79 Å². The van der Waals surface area contributed by atoms with E-state index in [1.807, 2.05) is 6.92 Å². The van der Waals surface area contributed by atoms with Crippen molar-refractivity contribution in [3.05, 3.63) is 0 Å². The average molecular weight is 190 g/mol. The summed E-state index contributed by atoms with van der Waals surface area (Å²) in [6.07, 6.45) is -0.728. The van der Waals surface area contributed by atoms with Crippen LogP contribution in [0.1, 0.15) is 20.8 Å². The Morgan fingerprint density at radius 2 is 2.00 bits per heavy atom. The number of ether oxygens (including phenoxy) is 3. The lowest BCUT2D eigenvalue weighted by Crippen LogP contribution is -2.28. The van der Waals surface area contributed by atoms with E-state index in [0.717, 1.165) is 0 Å². The van der Waals surface area contributed by atoms with Crippen LogP contribution in [-0.2, 0) is 19.0 Å². The van der Waals surface area contributed by atoms with Crippen molar-refractivity contribution in [2.45, 2.75) is 33.0 Å². The fraction of sp³-hybridized carbons (Fsp3) is 0.889. The standard InChI is InChI=1S/C9H18O4/c1-5-12-6-7(2)13-9(10)8(3)11-4/h7-8H,5-6H2,1-4H3. The molecule has 0 heterocycles. The number of hydrogen-bond acceptors (Lipinski definition) is 4. The Hall–Kier alpha value is -0.610. The summed E-state index contributed by atoms with van der Waals surface area (Å²) in [5.74, 6) is -0.352. The Labute approximate surface area is 79.2 Å². The van der Waals surface area contributed by atoms with Gasteiger partial charge in [0.1, 0.15) is 6.10 Å². The maximum Gasteiger partial charge on any atom is 0.335 e. The largest absolute Gasteiger partial charge is 0.458 e. The minimum absolute atomic E-state index is 0.218. The second kappa shape index (κ2) is 6.86. The van der Waals surface area contributed by atoms with Gasteiger partial charge in [-0.05, 0) is 20.8 Å². The van der Waals surface area contributed by atoms with E-state index >= 15 is 0 Å². The van der Waals surface area contributed by atoms with E-state index in [2.05, 4.69) is 0 Å². The van der Waals surface area contributed by atoms with Crippen molar-refractivity contribution in [1.82, 2.24) is 0 Å². The third-order valence-electron chi connectivity index (χ3n) is 1.56. The summed E-state index contributed by atoms with van der Waals surface area (Å²) in [6, 6.07) is 0. The Kier molecular flexibility index (Phi) is 6.54. The van der Waals surface area contributed by atoms with Gasteiger partial charge in [0.05, 0.1) is 6.61 Å². The topological polar surface area (TPSA) is 44.8 Å². The zero-order chi connectivity index (χ0) is 10.3. The van der Waals surface area contributed by atoms with Crippen molar-refractivity contribution in [1.29, 1.82) is 0 Å². The number of carbonyl (C=O) groups is 1. The number of methoxy groups -OCH3 is 1. The van der Waals surface area contributed by atoms with Crippen LogP contribution in [0.4, 0.5) is 0 Å². The lowest BCUT2D eigenvalue weighted by molar-refractivity contribution is -0.161. The Morgan fingerprint density at radius 1 is 1.38 bits per heavy atom. The van der Waals surface area contributed by atoms with Crippen LogP contribution in [0.25, 0.3) is 0 Å². The summed E-state index contributed by atoms with van der Waals surface area (Å²) in [5, 5.41) is 0. The summed E-state index contributed by atoms with van der Waals surface area (Å²) in [4.78, 5) is 11.1. The van der Waals surface area contributed by atoms with Crippen LogP contribution in [0.3, 0.4) is 0 Å². The lowest BCUT2D eigenvalue weighted by atomic mass is 10.4. The molecule has 0 aliphatic carbocycles. The first-order valence-corrected chi connectivity index (χ1v) is 4.42. The zero-order valence-electron chi connectivity index (χ0n) is 8.70. The van der Waals surface area contributed by atoms with Crippen molar-refractivity contribution in [3.8, 4) is 0 Å². The van der Waals surface area contributed by atoms with Gasteiger partial charge in [0.2, 0.25) is 0 Å². The zero-order valence-corrected chi connectivity index (χ0v) is 8.70. The molecule has 0 aromatic heterocycles. The molecule has 0 spiro atoms. The van der Waals surface area contributed by atoms with E-state index in [9.17, 15) is 4.79 Å². The molecule has 2 atom stereocenters. The second-order valence-electron chi connectivity index (χ2n) is 2.78. The number of esters is 1. The molecule has 2 unspecified atom stereocenters. The van der Waals surface area contributed by atoms with E-state index in [1.54, 1.807) is 13.8 Å². The molecular formula is C9H18O4. The SMILES string of the molecule is CCOCC(C)OC(=O)C(C)OC. The van der Waals surface area contributed by atoms with Crippen LogP contribution in [0.2, 0.25) is 0 Å². The normalized spacial score (nSPS) is 15.1. The van der Waals surface area contributed by atoms with Crippen molar-refractivity contribution in [3.63, 3.8) is 0 Å². The minimum atomic E-state index is -0.510. The Balaban J connectivity index is 3.64. The molecule has 0 saturated carbocycles. The highest BCUT2D eigenvalue weighted by atomic mass is 16.6. The van der Waals surface area contributed by atoms with Crippen molar-refractivity contribution >= 4 is 5.97 Å². The summed E-state index contributed by atoms with van der Waals surface area (Å²) < 4.78 is 14.9. The predicted octanol–water partition coefficient (Wildman–Crippen LogP) is 0.990. The van der Waals surface area contributed by atoms with E-state index in [4.69, 9.17) is 14.2 Å². The smallest absolute Gasteiger partial charge is 0.335 e. The van der Waals surface area contributed by atoms with Gasteiger partial charge in [-0.15, -0.1) is 0 Å². The monoisotopic (exact) mass is 190 g/mol. The quantitative estimate of drug-likeness (QED) is 0.586. The summed E-state index contributed by atoms with van der Waals surface area (Å²) in [7, 11) is 1.47. The van der Waals surface area contributed by atoms with Crippen molar-refractivity contribution in [2.75, 3.05) is 20.3 Å². The van der Waals surface area contributed by atoms with Gasteiger partial charge in [-0.1, -0.05) is 0 Å². The van der Waals surface area contributed by atoms with E-state index < -0.39 is 6.10 Å². The molecule has 4 heteroatoms. The average Bonchev–Trinajstić information content (AvgIpc) is 2.13. The van der Waals surface area contributed by atoms with Crippen LogP contribution < -0.4 is 0 Å². The fourth-order valence-electron chi connectivity index (χ4n) is 0.708. The van der Waals surface area contributed by atoms with Gasteiger partial charge in [0, 0.05) is 13.7 Å². The maximum atomic E-state index is 11.1. The first-order valence-electron chi connectivity index (χ1n) is 4.42. The number of rotatable bonds is 6. The molecule has 0 N–H and O–H groups in total. The number of hydrogen-bond donors (Lipinski definition) is 0. The molecule has 0 radical (unpaired) electrons. The van der Waals surface area contributed by atoms with Gasteiger partial charge >= 0.3 is 5.97 Å². The molecule has 0 aromatic rings. The molecule has 78 valence electrons. The Morgan fingerprint density at radius 3 is 2.46 bits per heavy atom. The van der Waals surface area contributed by atoms with Gasteiger partial charge in [-0.2, -0.15) is 0 Å². The highest BCUT2D eigenvalue weighted by Crippen LogP contribution is 1.98. The first-order chi connectivity index (χ1) is 6.11. The van der Waals surface area contributed by atoms with Crippen LogP contribution in [0.5, 0.6) is 0 Å². The third-order valence-corrected chi connectivity index (χ3v) is 1.56. The van der Waals surface area contributed by atoms with E-state index in [-0.39, 0.29) is 12.1 Å². The fourth-order valence-corrected chi connectivity index (χ4v) is 0.708. The van der Waals surface area contributed by atoms with Crippen LogP contribution in [-0.4, -0.2) is 38.5 Å². The van der Waals surface area contributed by atoms with Gasteiger partial charge in [-0.3, -0.25) is 0 Å². The van der Waals surface area contributed by atoms with Gasteiger partial charge < -0.3 is 14.2 Å². The maximum absolute atomic E-state index is 11.1. The van der Waals surface area contributed by atoms with Crippen LogP contribution >= 0.6 is 0 Å². The molecule has 0 aliphatic rings. The van der Waals surface area contributed by atoms with Gasteiger partial charge in [0.25, 0.3) is 0 Å². The highest BCUT2D eigenvalue weighted by molar-refractivity contribution is 5.74. The molecule has 13 heavy (non-hydrogen) atoms. The molecule has 0 aliphatic heterocycles. The molecule has 0 fully saturated rings. The molecule has 0 rings (SSSR count). The summed E-state index contributed by atoms with van der Waals surface area (Å²) >= 11 is 0. The third kappa shape index (κ3) is 5.60. The van der Waals surface area contributed by atoms with E-state index in [0.29, 0.717) is 13.2 Å². The highest BCUT2D eigenvalue weighted by Gasteiger charge is 2.16. The number of carbonyl (C=O) groups excluding carboxylic acids is 1. The van der Waals surface area contributed by atoms with E-state index in [1.165, 1.54) is 7.11 Å². The molecule has 0 aromatic carbocycles. The Bertz CT molecular complexity index is 147. The predicted molar refractivity (Wildman–Crippen MR) is 48.5 cm³/mol. The van der Waals surface area contributed by atoms with Crippen molar-refractivity contribution < 1.29 is 19.0 Å². The van der Waals surface area contributed by atoms with Crippen molar-refractivity contribution in [2.24, 2.45) is 0 Å². The molecule has 0 bridgehead atoms. The van der Waals surface area contributed by atoms with Gasteiger partial charge in [0.15, 0.2) is 6.10 Å². The van der Waals surface area contributed by atoms with Crippen LogP contribution in [0, 0.1) is 0 Å². The molecule has 0 saturated heterocycles. The minimum Gasteiger partial charge on any atom is -0.458 e. The molecular weight excluding hydrogens is 172 g/mol. The second-order valence-corrected chi connectivity index (χ2v) is 2.78. The molecule has 4 nitrogen and oxygen atoms in total. The lowest BCUT2D eigenvalue weighted by Gasteiger charge is -2.15. The summed E-state index contributed by atoms with van der Waals surface area (Å²) in [5.41, 5.74) is 0. The first kappa shape index (κ1) is 12.4.